The highest BCUT2D eigenvalue weighted by molar-refractivity contribution is 6.11. The first-order chi connectivity index (χ1) is 15.3. The van der Waals surface area contributed by atoms with Gasteiger partial charge in [0.2, 0.25) is 5.91 Å². The molecule has 0 aliphatic carbocycles. The molecule has 1 saturated heterocycles. The molecular weight excluding hydrogens is 415 g/mol. The number of carboxylic acids is 1. The van der Waals surface area contributed by atoms with Gasteiger partial charge in [-0.2, -0.15) is 0 Å². The molecule has 4 N–H and O–H groups in total. The van der Waals surface area contributed by atoms with Crippen LogP contribution < -0.4 is 16.0 Å². The maximum absolute atomic E-state index is 13.0. The van der Waals surface area contributed by atoms with Crippen molar-refractivity contribution in [3.63, 3.8) is 0 Å². The Morgan fingerprint density at radius 3 is 2.41 bits per heavy atom. The van der Waals surface area contributed by atoms with Crippen LogP contribution in [0, 0.1) is 11.7 Å². The number of aliphatic carboxylic acids is 1. The van der Waals surface area contributed by atoms with Crippen molar-refractivity contribution < 1.29 is 23.9 Å². The van der Waals surface area contributed by atoms with Gasteiger partial charge in [-0.25, -0.2) is 14.2 Å². The van der Waals surface area contributed by atoms with Gasteiger partial charge in [0, 0.05) is 23.1 Å². The van der Waals surface area contributed by atoms with Crippen LogP contribution in [0.3, 0.4) is 0 Å². The lowest BCUT2D eigenvalue weighted by molar-refractivity contribution is -0.149. The summed E-state index contributed by atoms with van der Waals surface area (Å²) >= 11 is 0. The number of nitrogen functional groups attached to an aromatic ring is 1. The van der Waals surface area contributed by atoms with E-state index in [1.807, 2.05) is 0 Å². The van der Waals surface area contributed by atoms with E-state index in [9.17, 15) is 23.9 Å². The van der Waals surface area contributed by atoms with Crippen LogP contribution in [-0.2, 0) is 16.0 Å². The number of carbonyl (C=O) groups excluding carboxylic acids is 2. The average molecular weight is 434 g/mol. The molecule has 2 aromatic carbocycles. The van der Waals surface area contributed by atoms with Crippen molar-refractivity contribution in [3.8, 4) is 0 Å². The van der Waals surface area contributed by atoms with Gasteiger partial charge in [0.05, 0.1) is 5.92 Å². The summed E-state index contributed by atoms with van der Waals surface area (Å²) in [7, 11) is 0. The van der Waals surface area contributed by atoms with E-state index in [2.05, 4.69) is 10.3 Å². The van der Waals surface area contributed by atoms with Crippen LogP contribution in [0.25, 0.3) is 0 Å². The summed E-state index contributed by atoms with van der Waals surface area (Å²) in [4.78, 5) is 42.1. The number of rotatable bonds is 6. The normalized spacial score (nSPS) is 17.5. The van der Waals surface area contributed by atoms with E-state index in [0.29, 0.717) is 22.8 Å². The van der Waals surface area contributed by atoms with Gasteiger partial charge in [-0.05, 0) is 72.6 Å². The first kappa shape index (κ1) is 21.0. The van der Waals surface area contributed by atoms with Crippen LogP contribution in [0.2, 0.25) is 0 Å². The highest BCUT2D eigenvalue weighted by atomic mass is 19.1. The predicted octanol–water partition coefficient (Wildman–Crippen LogP) is 2.71. The molecule has 9 heteroatoms. The Hall–Kier alpha value is -4.27. The number of nitrogens with zero attached hydrogens (tertiary/aromatic N) is 2. The third kappa shape index (κ3) is 4.13. The Labute approximate surface area is 182 Å². The van der Waals surface area contributed by atoms with Gasteiger partial charge >= 0.3 is 5.97 Å². The second-order valence-electron chi connectivity index (χ2n) is 7.40. The van der Waals surface area contributed by atoms with Gasteiger partial charge in [-0.1, -0.05) is 0 Å². The van der Waals surface area contributed by atoms with E-state index in [-0.39, 0.29) is 12.3 Å². The number of pyridine rings is 1. The van der Waals surface area contributed by atoms with E-state index in [1.54, 1.807) is 12.1 Å². The molecule has 3 aromatic rings. The number of halogens is 1. The number of β-lactam (4-membered cyclic amide) rings is 1. The molecule has 2 atom stereocenters. The summed E-state index contributed by atoms with van der Waals surface area (Å²) in [5.41, 5.74) is 7.52. The molecule has 8 nitrogen and oxygen atoms in total. The summed E-state index contributed by atoms with van der Waals surface area (Å²) in [6, 6.07) is 13.7. The Kier molecular flexibility index (Phi) is 5.55. The van der Waals surface area contributed by atoms with Gasteiger partial charge in [0.15, 0.2) is 0 Å². The molecule has 0 radical (unpaired) electrons. The molecular formula is C23H19FN4O4. The lowest BCUT2D eigenvalue weighted by atomic mass is 9.82. The molecule has 162 valence electrons. The summed E-state index contributed by atoms with van der Waals surface area (Å²) in [6.07, 6.45) is 1.74. The quantitative estimate of drug-likeness (QED) is 0.512. The number of hydrogen-bond acceptors (Lipinski definition) is 5. The lowest BCUT2D eigenvalue weighted by Gasteiger charge is -2.44. The smallest absolute Gasteiger partial charge is 0.327 e. The van der Waals surface area contributed by atoms with Gasteiger partial charge in [0.25, 0.3) is 5.91 Å². The first-order valence-electron chi connectivity index (χ1n) is 9.77. The largest absolute Gasteiger partial charge is 0.480 e. The third-order valence-electron chi connectivity index (χ3n) is 5.28. The van der Waals surface area contributed by atoms with E-state index in [4.69, 9.17) is 5.73 Å². The number of aromatic nitrogens is 1. The summed E-state index contributed by atoms with van der Waals surface area (Å²) in [5, 5.41) is 12.3. The van der Waals surface area contributed by atoms with Crippen molar-refractivity contribution in [1.82, 2.24) is 4.98 Å². The van der Waals surface area contributed by atoms with Gasteiger partial charge in [-0.15, -0.1) is 0 Å². The van der Waals surface area contributed by atoms with E-state index >= 15 is 0 Å². The van der Waals surface area contributed by atoms with Crippen LogP contribution >= 0.6 is 0 Å². The highest BCUT2D eigenvalue weighted by Gasteiger charge is 2.52. The van der Waals surface area contributed by atoms with E-state index in [1.165, 1.54) is 59.6 Å². The minimum Gasteiger partial charge on any atom is -0.480 e. The predicted molar refractivity (Wildman–Crippen MR) is 116 cm³/mol. The fraction of sp³-hybridized carbons (Fsp3) is 0.130. The number of carboxylic acid groups (broad SMARTS) is 1. The zero-order chi connectivity index (χ0) is 22.8. The summed E-state index contributed by atoms with van der Waals surface area (Å²) in [5.74, 6) is -2.69. The van der Waals surface area contributed by atoms with Gasteiger partial charge < -0.3 is 16.2 Å². The van der Waals surface area contributed by atoms with Crippen molar-refractivity contribution in [1.29, 1.82) is 0 Å². The zero-order valence-corrected chi connectivity index (χ0v) is 16.7. The number of benzene rings is 2. The van der Waals surface area contributed by atoms with Crippen molar-refractivity contribution in [3.05, 3.63) is 83.8 Å². The summed E-state index contributed by atoms with van der Waals surface area (Å²) in [6.45, 7) is 0. The van der Waals surface area contributed by atoms with Crippen LogP contribution in [0.4, 0.5) is 21.6 Å². The van der Waals surface area contributed by atoms with Crippen molar-refractivity contribution in [2.45, 2.75) is 12.5 Å². The third-order valence-corrected chi connectivity index (χ3v) is 5.28. The molecule has 4 rings (SSSR count). The van der Waals surface area contributed by atoms with Crippen LogP contribution in [-0.4, -0.2) is 33.9 Å². The van der Waals surface area contributed by atoms with Gasteiger partial charge in [-0.3, -0.25) is 14.5 Å². The minimum absolute atomic E-state index is 0.233. The molecule has 1 aliphatic heterocycles. The SMILES string of the molecule is Nc1cc(C[C@H]2C(=O)N(c3ccc(C(=O)Nc4ccc(F)cc4)cc3)[C@@H]2C(=O)O)ccn1. The number of anilines is 3. The van der Waals surface area contributed by atoms with Gasteiger partial charge in [0.1, 0.15) is 17.7 Å². The maximum Gasteiger partial charge on any atom is 0.327 e. The Balaban J connectivity index is 1.48. The molecule has 0 saturated carbocycles. The van der Waals surface area contributed by atoms with Crippen LogP contribution in [0.1, 0.15) is 15.9 Å². The first-order valence-corrected chi connectivity index (χ1v) is 9.77. The van der Waals surface area contributed by atoms with Crippen LogP contribution in [0.5, 0.6) is 0 Å². The molecule has 1 aliphatic rings. The zero-order valence-electron chi connectivity index (χ0n) is 16.7. The van der Waals surface area contributed by atoms with Crippen molar-refractivity contribution in [2.24, 2.45) is 5.92 Å². The molecule has 1 aromatic heterocycles. The van der Waals surface area contributed by atoms with E-state index in [0.717, 1.165) is 5.56 Å². The minimum atomic E-state index is -1.12. The molecule has 2 heterocycles. The lowest BCUT2D eigenvalue weighted by Crippen LogP contribution is -2.65. The molecule has 32 heavy (non-hydrogen) atoms. The Bertz CT molecular complexity index is 1180. The Morgan fingerprint density at radius 1 is 1.09 bits per heavy atom. The van der Waals surface area contributed by atoms with Crippen molar-refractivity contribution in [2.75, 3.05) is 16.0 Å². The highest BCUT2D eigenvalue weighted by Crippen LogP contribution is 2.35. The number of carbonyl (C=O) groups is 3. The number of nitrogens with two attached hydrogens (primary N) is 1. The topological polar surface area (TPSA) is 126 Å². The number of nitrogens with one attached hydrogen (secondary N) is 1. The standard InChI is InChI=1S/C23H19FN4O4/c24-15-3-5-16(6-4-15)27-21(29)14-1-7-17(8-2-14)28-20(23(31)32)18(22(28)30)11-13-9-10-26-19(25)12-13/h1-10,12,18,20H,11H2,(H2,25,26)(H,27,29)(H,31,32)/t18-,20+/m1/s1. The molecule has 1 fully saturated rings. The average Bonchev–Trinajstić information content (AvgIpc) is 2.77. The fourth-order valence-electron chi connectivity index (χ4n) is 3.70. The van der Waals surface area contributed by atoms with E-state index < -0.39 is 29.7 Å². The second kappa shape index (κ2) is 8.46. The molecule has 0 unspecified atom stereocenters. The van der Waals surface area contributed by atoms with Crippen molar-refractivity contribution >= 4 is 35.0 Å². The second-order valence-corrected chi connectivity index (χ2v) is 7.40. The number of amides is 2. The molecule has 0 bridgehead atoms. The molecule has 2 amide bonds. The summed E-state index contributed by atoms with van der Waals surface area (Å²) < 4.78 is 13.0. The molecule has 0 spiro atoms. The fourth-order valence-corrected chi connectivity index (χ4v) is 3.70. The maximum atomic E-state index is 13.0. The van der Waals surface area contributed by atoms with Crippen LogP contribution in [0.15, 0.2) is 66.9 Å². The number of hydrogen-bond donors (Lipinski definition) is 3. The Morgan fingerprint density at radius 2 is 1.78 bits per heavy atom. The monoisotopic (exact) mass is 434 g/mol.